The molecule has 0 saturated carbocycles. The predicted octanol–water partition coefficient (Wildman–Crippen LogP) is 7.89. The molecule has 0 aliphatic carbocycles. The van der Waals surface area contributed by atoms with Gasteiger partial charge in [0.25, 0.3) is 0 Å². The molecule has 0 heterocycles. The Labute approximate surface area is 364 Å². The molecule has 5 nitrogen and oxygen atoms in total. The van der Waals surface area contributed by atoms with Crippen LogP contribution in [0.25, 0.3) is 0 Å². The minimum absolute atomic E-state index is 0.266. The summed E-state index contributed by atoms with van der Waals surface area (Å²) >= 11 is 0. The van der Waals surface area contributed by atoms with Crippen molar-refractivity contribution in [3.8, 4) is 23.0 Å². The van der Waals surface area contributed by atoms with Crippen LogP contribution in [-0.4, -0.2) is 34.6 Å². The van der Waals surface area contributed by atoms with Crippen LogP contribution in [0.2, 0.25) is 0 Å². The molecule has 2 N–H and O–H groups in total. The van der Waals surface area contributed by atoms with Crippen molar-refractivity contribution in [3.63, 3.8) is 0 Å². The topological polar surface area (TPSA) is 53.5 Å². The molecule has 0 aliphatic rings. The van der Waals surface area contributed by atoms with E-state index >= 15 is 52.7 Å². The standard InChI is InChI=1S/C28H12BF16O4.C16H19N/c1-46-25-13(34)5(9(30)17(38)21(25)42)29(6-10(31)18(39)22(43)26(47-2)14(6)35,7-11(32)19(40)23(44)27(48-3)15(7)36)8-12(33)20(41)24(45)28(49-4)16(8)37;1-13-7-3-5-9-15(13)11-17-12-16-10-6-4-8-14(16)2/h1-4H3;3-10,17H,11-12H2,1-2H3/q-1;/p+1. The number of nitrogens with two attached hydrogens (primary N) is 1. The van der Waals surface area contributed by atoms with Crippen LogP contribution in [0, 0.1) is 107 Å². The second-order valence-corrected chi connectivity index (χ2v) is 14.2. The number of ether oxygens (including phenoxy) is 4. The second kappa shape index (κ2) is 19.9. The van der Waals surface area contributed by atoms with Gasteiger partial charge in [-0.2, -0.15) is 17.6 Å². The van der Waals surface area contributed by atoms with Crippen molar-refractivity contribution in [2.75, 3.05) is 28.4 Å². The van der Waals surface area contributed by atoms with E-state index in [4.69, 9.17) is 0 Å². The Morgan fingerprint density at radius 3 is 0.773 bits per heavy atom. The summed E-state index contributed by atoms with van der Waals surface area (Å²) in [5, 5.41) is 2.37. The lowest BCUT2D eigenvalue weighted by atomic mass is 9.12. The lowest BCUT2D eigenvalue weighted by Crippen LogP contribution is -2.80. The molecule has 0 amide bonds. The van der Waals surface area contributed by atoms with Crippen molar-refractivity contribution in [2.24, 2.45) is 0 Å². The van der Waals surface area contributed by atoms with E-state index < -0.39 is 144 Å². The normalized spacial score (nSPS) is 11.4. The van der Waals surface area contributed by atoms with Crippen molar-refractivity contribution in [1.29, 1.82) is 0 Å². The van der Waals surface area contributed by atoms with E-state index in [2.05, 4.69) is 86.6 Å². The van der Waals surface area contributed by atoms with E-state index in [1.807, 2.05) is 0 Å². The molecule has 0 aliphatic heterocycles. The minimum atomic E-state index is -6.61. The summed E-state index contributed by atoms with van der Waals surface area (Å²) in [5.41, 5.74) is -6.21. The van der Waals surface area contributed by atoms with E-state index in [0.717, 1.165) is 13.1 Å². The van der Waals surface area contributed by atoms with Gasteiger partial charge in [-0.1, -0.05) is 48.5 Å². The zero-order chi connectivity index (χ0) is 49.3. The summed E-state index contributed by atoms with van der Waals surface area (Å²) in [4.78, 5) is 0. The third-order valence-electron chi connectivity index (χ3n) is 10.8. The van der Waals surface area contributed by atoms with Gasteiger partial charge in [0.1, 0.15) is 65.8 Å². The van der Waals surface area contributed by atoms with Crippen LogP contribution in [0.3, 0.4) is 0 Å². The lowest BCUT2D eigenvalue weighted by molar-refractivity contribution is -0.686. The number of quaternary nitrogens is 1. The highest BCUT2D eigenvalue weighted by atomic mass is 19.2. The first-order valence-electron chi connectivity index (χ1n) is 18.8. The molecule has 6 aromatic rings. The maximum absolute atomic E-state index is 16.3. The van der Waals surface area contributed by atoms with Gasteiger partial charge >= 0.3 is 0 Å². The Hall–Kier alpha value is -6.58. The number of aryl methyl sites for hydroxylation is 2. The summed E-state index contributed by atoms with van der Waals surface area (Å²) in [6, 6.07) is 17.2. The molecule has 0 atom stereocenters. The van der Waals surface area contributed by atoms with Gasteiger partial charge in [0.2, 0.25) is 23.3 Å². The maximum atomic E-state index is 16.3. The average molecular weight is 954 g/mol. The molecule has 0 saturated heterocycles. The molecule has 0 spiro atoms. The van der Waals surface area contributed by atoms with Crippen LogP contribution < -0.4 is 46.1 Å². The van der Waals surface area contributed by atoms with Crippen LogP contribution in [0.1, 0.15) is 22.3 Å². The Morgan fingerprint density at radius 1 is 0.333 bits per heavy atom. The third-order valence-corrected chi connectivity index (χ3v) is 10.8. The highest BCUT2D eigenvalue weighted by molar-refractivity contribution is 7.20. The highest BCUT2D eigenvalue weighted by Crippen LogP contribution is 2.36. The molecular weight excluding hydrogens is 921 g/mol. The summed E-state index contributed by atoms with van der Waals surface area (Å²) in [6.07, 6.45) is -6.61. The van der Waals surface area contributed by atoms with E-state index in [1.165, 1.54) is 22.3 Å². The average Bonchev–Trinajstić information content (AvgIpc) is 3.28. The van der Waals surface area contributed by atoms with Gasteiger partial charge in [-0.25, -0.2) is 52.7 Å². The van der Waals surface area contributed by atoms with Gasteiger partial charge in [0.15, 0.2) is 46.3 Å². The van der Waals surface area contributed by atoms with E-state index in [9.17, 15) is 17.6 Å². The van der Waals surface area contributed by atoms with Crippen molar-refractivity contribution >= 4 is 28.0 Å². The minimum Gasteiger partial charge on any atom is -0.491 e. The number of hydrogen-bond donors (Lipinski definition) is 1. The first kappa shape index (κ1) is 50.4. The van der Waals surface area contributed by atoms with Crippen molar-refractivity contribution in [3.05, 3.63) is 164 Å². The fourth-order valence-electron chi connectivity index (χ4n) is 7.68. The Bertz CT molecular complexity index is 2530. The summed E-state index contributed by atoms with van der Waals surface area (Å²) in [6.45, 7) is 6.47. The Morgan fingerprint density at radius 2 is 0.561 bits per heavy atom. The molecular formula is C44H32BF16NO4. The predicted molar refractivity (Wildman–Crippen MR) is 207 cm³/mol. The molecule has 352 valence electrons. The zero-order valence-corrected chi connectivity index (χ0v) is 34.9. The van der Waals surface area contributed by atoms with Crippen molar-refractivity contribution < 1.29 is 94.5 Å². The van der Waals surface area contributed by atoms with Gasteiger partial charge in [-0.15, -0.1) is 21.9 Å². The van der Waals surface area contributed by atoms with Crippen LogP contribution >= 0.6 is 0 Å². The number of benzene rings is 6. The molecule has 66 heavy (non-hydrogen) atoms. The molecule has 0 radical (unpaired) electrons. The Balaban J connectivity index is 0.000000400. The van der Waals surface area contributed by atoms with Gasteiger partial charge in [0.05, 0.1) is 28.4 Å². The van der Waals surface area contributed by atoms with Crippen LogP contribution in [0.15, 0.2) is 48.5 Å². The first-order chi connectivity index (χ1) is 31.1. The van der Waals surface area contributed by atoms with Gasteiger partial charge in [-0.3, -0.25) is 0 Å². The SMILES string of the molecule is COc1c(F)c(F)c(F)c([B-](c2c(F)c(F)c(F)c(OC)c2F)(c2c(F)c(F)c(F)c(OC)c2F)c2c(F)c(F)c(F)c(OC)c2F)c1F.Cc1ccccc1C[NH2+]Cc1ccccc1C. The second-order valence-electron chi connectivity index (χ2n) is 14.2. The monoisotopic (exact) mass is 953 g/mol. The van der Waals surface area contributed by atoms with Gasteiger partial charge < -0.3 is 24.3 Å². The number of hydrogen-bond acceptors (Lipinski definition) is 4. The fourth-order valence-corrected chi connectivity index (χ4v) is 7.68. The van der Waals surface area contributed by atoms with E-state index in [1.54, 1.807) is 0 Å². The quantitative estimate of drug-likeness (QED) is 0.0588. The van der Waals surface area contributed by atoms with Crippen LogP contribution in [0.4, 0.5) is 70.2 Å². The van der Waals surface area contributed by atoms with E-state index in [0.29, 0.717) is 0 Å². The molecule has 22 heteroatoms. The van der Waals surface area contributed by atoms with Crippen LogP contribution in [0.5, 0.6) is 23.0 Å². The third kappa shape index (κ3) is 8.19. The first-order valence-corrected chi connectivity index (χ1v) is 18.8. The van der Waals surface area contributed by atoms with Crippen LogP contribution in [-0.2, 0) is 13.1 Å². The zero-order valence-electron chi connectivity index (χ0n) is 34.9. The number of rotatable bonds is 12. The smallest absolute Gasteiger partial charge is 0.206 e. The Kier molecular flexibility index (Phi) is 15.2. The number of halogens is 16. The van der Waals surface area contributed by atoms with E-state index in [-0.39, 0.29) is 28.4 Å². The summed E-state index contributed by atoms with van der Waals surface area (Å²) < 4.78 is 266. The van der Waals surface area contributed by atoms with Gasteiger partial charge in [-0.05, 0) is 25.0 Å². The molecule has 0 unspecified atom stereocenters. The fraction of sp³-hybridized carbons (Fsp3) is 0.182. The largest absolute Gasteiger partial charge is 0.491 e. The van der Waals surface area contributed by atoms with Crippen molar-refractivity contribution in [2.45, 2.75) is 26.9 Å². The summed E-state index contributed by atoms with van der Waals surface area (Å²) in [7, 11) is 1.07. The molecule has 0 bridgehead atoms. The molecule has 6 rings (SSSR count). The molecule has 0 aromatic heterocycles. The highest BCUT2D eigenvalue weighted by Gasteiger charge is 2.52. The lowest BCUT2D eigenvalue weighted by Gasteiger charge is -2.45. The van der Waals surface area contributed by atoms with Gasteiger partial charge in [0, 0.05) is 11.1 Å². The van der Waals surface area contributed by atoms with Crippen molar-refractivity contribution in [1.82, 2.24) is 0 Å². The summed E-state index contributed by atoms with van der Waals surface area (Å²) in [5.74, 6) is -57.2. The molecule has 0 fully saturated rings. The maximum Gasteiger partial charge on any atom is 0.206 e. The number of methoxy groups -OCH3 is 4. The molecule has 6 aromatic carbocycles.